The molecule has 0 aliphatic heterocycles. The molecule has 0 spiro atoms. The molecule has 124 valence electrons. The standard InChI is InChI=1S/C17H22N2O3S/c1-4-5-6-7-15(20)19-17-18-13-9-8-12(10-14(13)23-17)16(21)22-11(2)3/h8-11H,4-7H2,1-3H3,(H,18,19,20). The Balaban J connectivity index is 2.07. The van der Waals surface area contributed by atoms with E-state index >= 15 is 0 Å². The molecule has 0 atom stereocenters. The van der Waals surface area contributed by atoms with E-state index in [2.05, 4.69) is 17.2 Å². The summed E-state index contributed by atoms with van der Waals surface area (Å²) in [5.41, 5.74) is 1.26. The van der Waals surface area contributed by atoms with E-state index in [0.29, 0.717) is 17.1 Å². The summed E-state index contributed by atoms with van der Waals surface area (Å²) < 4.78 is 6.04. The lowest BCUT2D eigenvalue weighted by atomic mass is 10.2. The lowest BCUT2D eigenvalue weighted by Gasteiger charge is -2.07. The number of rotatable bonds is 7. The number of esters is 1. The molecule has 1 aromatic heterocycles. The molecule has 23 heavy (non-hydrogen) atoms. The zero-order valence-electron chi connectivity index (χ0n) is 13.7. The largest absolute Gasteiger partial charge is 0.459 e. The van der Waals surface area contributed by atoms with Crippen molar-refractivity contribution in [2.45, 2.75) is 52.6 Å². The number of anilines is 1. The van der Waals surface area contributed by atoms with E-state index in [1.165, 1.54) is 11.3 Å². The Labute approximate surface area is 140 Å². The fourth-order valence-electron chi connectivity index (χ4n) is 2.10. The van der Waals surface area contributed by atoms with E-state index < -0.39 is 0 Å². The number of aromatic nitrogens is 1. The van der Waals surface area contributed by atoms with E-state index in [1.54, 1.807) is 18.2 Å². The van der Waals surface area contributed by atoms with Crippen LogP contribution in [0.2, 0.25) is 0 Å². The number of carbonyl (C=O) groups is 2. The van der Waals surface area contributed by atoms with Gasteiger partial charge < -0.3 is 10.1 Å². The maximum absolute atomic E-state index is 11.9. The van der Waals surface area contributed by atoms with Crippen LogP contribution in [0.5, 0.6) is 0 Å². The topological polar surface area (TPSA) is 68.3 Å². The van der Waals surface area contributed by atoms with Gasteiger partial charge in [0.05, 0.1) is 21.9 Å². The Hall–Kier alpha value is -1.95. The molecule has 0 unspecified atom stereocenters. The third-order valence-electron chi connectivity index (χ3n) is 3.22. The molecule has 1 amide bonds. The predicted octanol–water partition coefficient (Wildman–Crippen LogP) is 4.38. The van der Waals surface area contributed by atoms with Crippen molar-refractivity contribution in [2.24, 2.45) is 0 Å². The van der Waals surface area contributed by atoms with Crippen molar-refractivity contribution in [3.05, 3.63) is 23.8 Å². The number of hydrogen-bond acceptors (Lipinski definition) is 5. The van der Waals surface area contributed by atoms with Gasteiger partial charge in [-0.2, -0.15) is 0 Å². The maximum Gasteiger partial charge on any atom is 0.338 e. The first-order chi connectivity index (χ1) is 11.0. The molecule has 1 N–H and O–H groups in total. The van der Waals surface area contributed by atoms with Gasteiger partial charge in [0.2, 0.25) is 5.91 Å². The van der Waals surface area contributed by atoms with Crippen molar-refractivity contribution in [1.29, 1.82) is 0 Å². The van der Waals surface area contributed by atoms with Gasteiger partial charge in [-0.15, -0.1) is 0 Å². The Morgan fingerprint density at radius 2 is 2.09 bits per heavy atom. The van der Waals surface area contributed by atoms with Gasteiger partial charge in [0.25, 0.3) is 0 Å². The average molecular weight is 334 g/mol. The maximum atomic E-state index is 11.9. The summed E-state index contributed by atoms with van der Waals surface area (Å²) in [7, 11) is 0. The highest BCUT2D eigenvalue weighted by Gasteiger charge is 2.13. The highest BCUT2D eigenvalue weighted by atomic mass is 32.1. The fraction of sp³-hybridized carbons (Fsp3) is 0.471. The minimum absolute atomic E-state index is 0.0167. The molecule has 0 radical (unpaired) electrons. The van der Waals surface area contributed by atoms with Crippen LogP contribution in [0, 0.1) is 0 Å². The van der Waals surface area contributed by atoms with Crippen molar-refractivity contribution in [3.8, 4) is 0 Å². The highest BCUT2D eigenvalue weighted by Crippen LogP contribution is 2.27. The number of thiazole rings is 1. The minimum Gasteiger partial charge on any atom is -0.459 e. The van der Waals surface area contributed by atoms with Crippen molar-refractivity contribution in [3.63, 3.8) is 0 Å². The molecule has 0 fully saturated rings. The van der Waals surface area contributed by atoms with Gasteiger partial charge in [-0.1, -0.05) is 31.1 Å². The minimum atomic E-state index is -0.347. The normalized spacial score (nSPS) is 11.0. The first kappa shape index (κ1) is 17.4. The number of hydrogen-bond donors (Lipinski definition) is 1. The molecule has 0 bridgehead atoms. The van der Waals surface area contributed by atoms with Crippen LogP contribution in [0.25, 0.3) is 10.2 Å². The SMILES string of the molecule is CCCCCC(=O)Nc1nc2ccc(C(=O)OC(C)C)cc2s1. The fourth-order valence-corrected chi connectivity index (χ4v) is 3.03. The Bertz CT molecular complexity index is 694. The number of nitrogens with zero attached hydrogens (tertiary/aromatic N) is 1. The second kappa shape index (κ2) is 8.06. The van der Waals surface area contributed by atoms with Crippen LogP contribution in [-0.4, -0.2) is 23.0 Å². The van der Waals surface area contributed by atoms with Crippen molar-refractivity contribution in [1.82, 2.24) is 4.98 Å². The predicted molar refractivity (Wildman–Crippen MR) is 92.9 cm³/mol. The number of fused-ring (bicyclic) bond motifs is 1. The van der Waals surface area contributed by atoms with Crippen LogP contribution in [-0.2, 0) is 9.53 Å². The molecule has 5 nitrogen and oxygen atoms in total. The molecule has 0 saturated carbocycles. The van der Waals surface area contributed by atoms with Crippen molar-refractivity contribution >= 4 is 38.6 Å². The van der Waals surface area contributed by atoms with Gasteiger partial charge in [-0.05, 0) is 38.5 Å². The molecule has 1 aromatic carbocycles. The van der Waals surface area contributed by atoms with Crippen molar-refractivity contribution < 1.29 is 14.3 Å². The summed E-state index contributed by atoms with van der Waals surface area (Å²) in [5.74, 6) is -0.364. The van der Waals surface area contributed by atoms with Gasteiger partial charge in [0.15, 0.2) is 5.13 Å². The van der Waals surface area contributed by atoms with Crippen LogP contribution < -0.4 is 5.32 Å². The summed E-state index contributed by atoms with van der Waals surface area (Å²) >= 11 is 1.36. The monoisotopic (exact) mass is 334 g/mol. The summed E-state index contributed by atoms with van der Waals surface area (Å²) in [5, 5.41) is 3.39. The summed E-state index contributed by atoms with van der Waals surface area (Å²) in [6.45, 7) is 5.73. The molecular formula is C17H22N2O3S. The van der Waals surface area contributed by atoms with Crippen LogP contribution in [0.15, 0.2) is 18.2 Å². The molecule has 0 aliphatic carbocycles. The van der Waals surface area contributed by atoms with Crippen LogP contribution in [0.4, 0.5) is 5.13 Å². The smallest absolute Gasteiger partial charge is 0.338 e. The Morgan fingerprint density at radius 1 is 1.30 bits per heavy atom. The van der Waals surface area contributed by atoms with E-state index in [0.717, 1.165) is 29.5 Å². The zero-order chi connectivity index (χ0) is 16.8. The number of carbonyl (C=O) groups excluding carboxylic acids is 2. The third kappa shape index (κ3) is 5.03. The first-order valence-electron chi connectivity index (χ1n) is 7.91. The number of amides is 1. The molecular weight excluding hydrogens is 312 g/mol. The number of nitrogens with one attached hydrogen (secondary N) is 1. The number of benzene rings is 1. The Kier molecular flexibility index (Phi) is 6.10. The molecule has 2 aromatic rings. The quantitative estimate of drug-likeness (QED) is 0.602. The van der Waals surface area contributed by atoms with Gasteiger partial charge in [-0.3, -0.25) is 4.79 Å². The number of ether oxygens (including phenoxy) is 1. The first-order valence-corrected chi connectivity index (χ1v) is 8.72. The third-order valence-corrected chi connectivity index (χ3v) is 4.15. The van der Waals surface area contributed by atoms with E-state index in [4.69, 9.17) is 4.74 Å². The van der Waals surface area contributed by atoms with E-state index in [-0.39, 0.29) is 18.0 Å². The second-order valence-electron chi connectivity index (χ2n) is 5.66. The average Bonchev–Trinajstić information content (AvgIpc) is 2.87. The number of unbranched alkanes of at least 4 members (excludes halogenated alkanes) is 2. The van der Waals surface area contributed by atoms with Crippen LogP contribution in [0.1, 0.15) is 56.8 Å². The molecule has 0 saturated heterocycles. The summed E-state index contributed by atoms with van der Waals surface area (Å²) in [6, 6.07) is 5.22. The van der Waals surface area contributed by atoms with Gasteiger partial charge in [-0.25, -0.2) is 9.78 Å². The van der Waals surface area contributed by atoms with Crippen LogP contribution >= 0.6 is 11.3 Å². The van der Waals surface area contributed by atoms with Gasteiger partial charge in [0.1, 0.15) is 0 Å². The molecule has 6 heteroatoms. The lowest BCUT2D eigenvalue weighted by molar-refractivity contribution is -0.116. The second-order valence-corrected chi connectivity index (χ2v) is 6.69. The molecule has 0 aliphatic rings. The van der Waals surface area contributed by atoms with Gasteiger partial charge >= 0.3 is 5.97 Å². The highest BCUT2D eigenvalue weighted by molar-refractivity contribution is 7.22. The zero-order valence-corrected chi connectivity index (χ0v) is 14.5. The molecule has 1 heterocycles. The van der Waals surface area contributed by atoms with Gasteiger partial charge in [0, 0.05) is 6.42 Å². The molecule has 2 rings (SSSR count). The Morgan fingerprint density at radius 3 is 2.78 bits per heavy atom. The summed E-state index contributed by atoms with van der Waals surface area (Å²) in [4.78, 5) is 28.1. The van der Waals surface area contributed by atoms with Crippen molar-refractivity contribution in [2.75, 3.05) is 5.32 Å². The van der Waals surface area contributed by atoms with Crippen LogP contribution in [0.3, 0.4) is 0 Å². The lowest BCUT2D eigenvalue weighted by Crippen LogP contribution is -2.11. The summed E-state index contributed by atoms with van der Waals surface area (Å²) in [6.07, 6.45) is 3.38. The van der Waals surface area contributed by atoms with E-state index in [1.807, 2.05) is 13.8 Å². The van der Waals surface area contributed by atoms with E-state index in [9.17, 15) is 9.59 Å².